The smallest absolute Gasteiger partial charge is 0.255 e. The maximum atomic E-state index is 13.7. The zero-order valence-corrected chi connectivity index (χ0v) is 15.5. The van der Waals surface area contributed by atoms with Gasteiger partial charge >= 0.3 is 0 Å². The number of carbonyl (C=O) groups is 1. The van der Waals surface area contributed by atoms with Gasteiger partial charge in [-0.2, -0.15) is 0 Å². The standard InChI is InChI=1S/C22H23FN2O2/c1-14(15-6-4-3-5-7-15)22(2,27)21(26)25-11-10-20-18(13-25)17-12-16(23)8-9-19(17)24-20/h3-9,12,14,24,27H,10-11,13H2,1-2H3. The van der Waals surface area contributed by atoms with Crippen molar-refractivity contribution in [2.45, 2.75) is 38.3 Å². The number of benzene rings is 2. The molecule has 2 aromatic carbocycles. The Balaban J connectivity index is 1.62. The Bertz CT molecular complexity index is 994. The highest BCUT2D eigenvalue weighted by Crippen LogP contribution is 2.33. The quantitative estimate of drug-likeness (QED) is 0.742. The van der Waals surface area contributed by atoms with Gasteiger partial charge in [0, 0.05) is 47.6 Å². The Hall–Kier alpha value is -2.66. The molecule has 0 saturated heterocycles. The minimum Gasteiger partial charge on any atom is -0.380 e. The number of fused-ring (bicyclic) bond motifs is 3. The lowest BCUT2D eigenvalue weighted by Gasteiger charge is -2.36. The summed E-state index contributed by atoms with van der Waals surface area (Å²) in [4.78, 5) is 18.2. The second-order valence-corrected chi connectivity index (χ2v) is 7.53. The number of aliphatic hydroxyl groups is 1. The molecule has 1 amide bonds. The van der Waals surface area contributed by atoms with Crippen molar-refractivity contribution in [2.24, 2.45) is 0 Å². The molecule has 5 heteroatoms. The van der Waals surface area contributed by atoms with Crippen LogP contribution in [0.25, 0.3) is 10.9 Å². The number of hydrogen-bond acceptors (Lipinski definition) is 2. The lowest BCUT2D eigenvalue weighted by atomic mass is 9.83. The summed E-state index contributed by atoms with van der Waals surface area (Å²) in [6, 6.07) is 14.2. The summed E-state index contributed by atoms with van der Waals surface area (Å²) in [6.45, 7) is 4.34. The second-order valence-electron chi connectivity index (χ2n) is 7.53. The number of carbonyl (C=O) groups excluding carboxylic acids is 1. The third-order valence-electron chi connectivity index (χ3n) is 5.80. The average Bonchev–Trinajstić information content (AvgIpc) is 3.04. The fourth-order valence-electron chi connectivity index (χ4n) is 3.93. The lowest BCUT2D eigenvalue weighted by molar-refractivity contribution is -0.152. The van der Waals surface area contributed by atoms with E-state index in [4.69, 9.17) is 0 Å². The van der Waals surface area contributed by atoms with Crippen LogP contribution in [0.2, 0.25) is 0 Å². The number of H-pyrrole nitrogens is 1. The molecule has 1 aliphatic rings. The molecule has 0 aliphatic carbocycles. The van der Waals surface area contributed by atoms with E-state index in [-0.39, 0.29) is 17.6 Å². The van der Waals surface area contributed by atoms with Crippen LogP contribution >= 0.6 is 0 Å². The summed E-state index contributed by atoms with van der Waals surface area (Å²) < 4.78 is 13.7. The van der Waals surface area contributed by atoms with Gasteiger partial charge in [-0.1, -0.05) is 37.3 Å². The Morgan fingerprint density at radius 1 is 1.26 bits per heavy atom. The van der Waals surface area contributed by atoms with Crippen LogP contribution in [0, 0.1) is 5.82 Å². The van der Waals surface area contributed by atoms with Crippen molar-refractivity contribution in [3.05, 3.63) is 71.2 Å². The molecule has 140 valence electrons. The number of nitrogens with one attached hydrogen (secondary N) is 1. The van der Waals surface area contributed by atoms with Gasteiger partial charge in [0.15, 0.2) is 0 Å². The molecule has 4 rings (SSSR count). The van der Waals surface area contributed by atoms with Gasteiger partial charge < -0.3 is 15.0 Å². The van der Waals surface area contributed by atoms with Gasteiger partial charge in [0.25, 0.3) is 5.91 Å². The van der Waals surface area contributed by atoms with Crippen molar-refractivity contribution < 1.29 is 14.3 Å². The summed E-state index contributed by atoms with van der Waals surface area (Å²) in [5.41, 5.74) is 2.25. The monoisotopic (exact) mass is 366 g/mol. The summed E-state index contributed by atoms with van der Waals surface area (Å²) in [7, 11) is 0. The Morgan fingerprint density at radius 2 is 2.00 bits per heavy atom. The minimum atomic E-state index is -1.52. The number of hydrogen-bond donors (Lipinski definition) is 2. The molecule has 0 spiro atoms. The van der Waals surface area contributed by atoms with Crippen molar-refractivity contribution >= 4 is 16.8 Å². The van der Waals surface area contributed by atoms with E-state index >= 15 is 0 Å². The predicted octanol–water partition coefficient (Wildman–Crippen LogP) is 3.75. The number of nitrogens with zero attached hydrogens (tertiary/aromatic N) is 1. The van der Waals surface area contributed by atoms with Gasteiger partial charge in [0.05, 0.1) is 0 Å². The van der Waals surface area contributed by atoms with E-state index in [1.54, 1.807) is 17.9 Å². The van der Waals surface area contributed by atoms with Crippen LogP contribution in [0.5, 0.6) is 0 Å². The van der Waals surface area contributed by atoms with Gasteiger partial charge in [0.1, 0.15) is 11.4 Å². The third kappa shape index (κ3) is 3.02. The van der Waals surface area contributed by atoms with Gasteiger partial charge in [-0.3, -0.25) is 4.79 Å². The third-order valence-corrected chi connectivity index (χ3v) is 5.80. The average molecular weight is 366 g/mol. The SMILES string of the molecule is CC(c1ccccc1)C(C)(O)C(=O)N1CCc2[nH]c3ccc(F)cc3c2C1. The van der Waals surface area contributed by atoms with Gasteiger partial charge in [0.2, 0.25) is 0 Å². The van der Waals surface area contributed by atoms with Gasteiger partial charge in [-0.25, -0.2) is 4.39 Å². The lowest BCUT2D eigenvalue weighted by Crippen LogP contribution is -2.51. The number of aromatic amines is 1. The summed E-state index contributed by atoms with van der Waals surface area (Å²) >= 11 is 0. The van der Waals surface area contributed by atoms with Crippen LogP contribution in [-0.2, 0) is 17.8 Å². The molecule has 2 heterocycles. The first-order valence-electron chi connectivity index (χ1n) is 9.23. The second kappa shape index (κ2) is 6.50. The zero-order chi connectivity index (χ0) is 19.2. The Labute approximate surface area is 157 Å². The molecule has 3 aromatic rings. The number of halogens is 1. The van der Waals surface area contributed by atoms with Crippen molar-refractivity contribution in [3.63, 3.8) is 0 Å². The first-order chi connectivity index (χ1) is 12.9. The minimum absolute atomic E-state index is 0.294. The van der Waals surface area contributed by atoms with Crippen LogP contribution < -0.4 is 0 Å². The summed E-state index contributed by atoms with van der Waals surface area (Å²) in [5.74, 6) is -0.930. The topological polar surface area (TPSA) is 56.3 Å². The van der Waals surface area contributed by atoms with Crippen molar-refractivity contribution in [3.8, 4) is 0 Å². The van der Waals surface area contributed by atoms with Gasteiger partial charge in [-0.15, -0.1) is 0 Å². The van der Waals surface area contributed by atoms with E-state index in [9.17, 15) is 14.3 Å². The van der Waals surface area contributed by atoms with E-state index in [0.29, 0.717) is 19.5 Å². The van der Waals surface area contributed by atoms with Crippen molar-refractivity contribution in [1.29, 1.82) is 0 Å². The fraction of sp³-hybridized carbons (Fsp3) is 0.318. The van der Waals surface area contributed by atoms with Crippen molar-refractivity contribution in [1.82, 2.24) is 9.88 Å². The molecule has 0 saturated carbocycles. The first-order valence-corrected chi connectivity index (χ1v) is 9.23. The molecule has 0 bridgehead atoms. The normalized spacial score (nSPS) is 17.4. The summed E-state index contributed by atoms with van der Waals surface area (Å²) in [5, 5.41) is 11.9. The molecule has 27 heavy (non-hydrogen) atoms. The molecule has 2 N–H and O–H groups in total. The van der Waals surface area contributed by atoms with Crippen LogP contribution in [0.3, 0.4) is 0 Å². The van der Waals surface area contributed by atoms with Crippen molar-refractivity contribution in [2.75, 3.05) is 6.54 Å². The van der Waals surface area contributed by atoms with E-state index in [1.165, 1.54) is 12.1 Å². The van der Waals surface area contributed by atoms with E-state index in [0.717, 1.165) is 27.7 Å². The zero-order valence-electron chi connectivity index (χ0n) is 15.5. The largest absolute Gasteiger partial charge is 0.380 e. The molecule has 2 unspecified atom stereocenters. The maximum Gasteiger partial charge on any atom is 0.255 e. The van der Waals surface area contributed by atoms with E-state index in [2.05, 4.69) is 4.98 Å². The first kappa shape index (κ1) is 17.7. The van der Waals surface area contributed by atoms with E-state index in [1.807, 2.05) is 37.3 Å². The molecular weight excluding hydrogens is 343 g/mol. The number of amides is 1. The highest BCUT2D eigenvalue weighted by molar-refractivity contribution is 5.88. The molecular formula is C22H23FN2O2. The molecule has 4 nitrogen and oxygen atoms in total. The van der Waals surface area contributed by atoms with Crippen LogP contribution in [-0.4, -0.2) is 33.0 Å². The summed E-state index contributed by atoms with van der Waals surface area (Å²) in [6.07, 6.45) is 0.660. The maximum absolute atomic E-state index is 13.7. The van der Waals surface area contributed by atoms with Crippen LogP contribution in [0.4, 0.5) is 4.39 Å². The number of aromatic nitrogens is 1. The predicted molar refractivity (Wildman–Crippen MR) is 103 cm³/mol. The molecule has 0 radical (unpaired) electrons. The molecule has 2 atom stereocenters. The Morgan fingerprint density at radius 3 is 2.74 bits per heavy atom. The molecule has 1 aliphatic heterocycles. The highest BCUT2D eigenvalue weighted by atomic mass is 19.1. The highest BCUT2D eigenvalue weighted by Gasteiger charge is 2.41. The molecule has 0 fully saturated rings. The van der Waals surface area contributed by atoms with E-state index < -0.39 is 5.60 Å². The van der Waals surface area contributed by atoms with Crippen LogP contribution in [0.1, 0.15) is 36.6 Å². The van der Waals surface area contributed by atoms with Gasteiger partial charge in [-0.05, 0) is 30.7 Å². The number of rotatable bonds is 3. The van der Waals surface area contributed by atoms with Crippen LogP contribution in [0.15, 0.2) is 48.5 Å². The fourth-order valence-corrected chi connectivity index (χ4v) is 3.93. The Kier molecular flexibility index (Phi) is 4.27. The molecule has 1 aromatic heterocycles.